The Morgan fingerprint density at radius 2 is 2.09 bits per heavy atom. The van der Waals surface area contributed by atoms with Gasteiger partial charge in [0.05, 0.1) is 5.02 Å². The molecule has 1 unspecified atom stereocenters. The molecular weight excluding hydrogens is 324 g/mol. The van der Waals surface area contributed by atoms with Crippen LogP contribution in [0.4, 0.5) is 0 Å². The summed E-state index contributed by atoms with van der Waals surface area (Å²) in [4.78, 5) is 14.0. The van der Waals surface area contributed by atoms with Gasteiger partial charge < -0.3 is 4.90 Å². The molecule has 1 aromatic carbocycles. The first-order chi connectivity index (χ1) is 10.4. The second-order valence-corrected chi connectivity index (χ2v) is 7.65. The Balaban J connectivity index is 1.90. The monoisotopic (exact) mass is 344 g/mol. The maximum Gasteiger partial charge on any atom is 0.242 e. The van der Waals surface area contributed by atoms with Gasteiger partial charge in [-0.05, 0) is 38.3 Å². The van der Waals surface area contributed by atoms with Crippen LogP contribution in [-0.2, 0) is 14.8 Å². The van der Waals surface area contributed by atoms with Crippen LogP contribution in [0.3, 0.4) is 0 Å². The van der Waals surface area contributed by atoms with Crippen LogP contribution in [0.15, 0.2) is 29.2 Å². The minimum atomic E-state index is -3.68. The van der Waals surface area contributed by atoms with Crippen molar-refractivity contribution in [3.8, 4) is 0 Å². The van der Waals surface area contributed by atoms with Crippen molar-refractivity contribution in [2.45, 2.75) is 43.5 Å². The Morgan fingerprint density at radius 3 is 2.77 bits per heavy atom. The van der Waals surface area contributed by atoms with Crippen LogP contribution in [0.5, 0.6) is 0 Å². The average Bonchev–Trinajstić information content (AvgIpc) is 2.47. The summed E-state index contributed by atoms with van der Waals surface area (Å²) in [7, 11) is -3.68. The molecule has 1 atom stereocenters. The summed E-state index contributed by atoms with van der Waals surface area (Å²) < 4.78 is 26.8. The number of likely N-dealkylation sites (tertiary alicyclic amines) is 1. The minimum absolute atomic E-state index is 0.00550. The highest BCUT2D eigenvalue weighted by Gasteiger charge is 2.23. The molecule has 0 aromatic heterocycles. The van der Waals surface area contributed by atoms with E-state index in [1.807, 2.05) is 11.8 Å². The first kappa shape index (κ1) is 17.2. The summed E-state index contributed by atoms with van der Waals surface area (Å²) in [6.07, 6.45) is 3.33. The lowest BCUT2D eigenvalue weighted by atomic mass is 10.0. The first-order valence-electron chi connectivity index (χ1n) is 7.45. The standard InChI is InChI=1S/C15H21ClN2O3S/c1-12-6-4-5-11-18(12)15(19)9-10-17-22(20,21)14-8-3-2-7-13(14)16/h2-3,7-8,12,17H,4-6,9-11H2,1H3. The van der Waals surface area contributed by atoms with E-state index in [1.54, 1.807) is 12.1 Å². The molecule has 1 aromatic rings. The van der Waals surface area contributed by atoms with Crippen molar-refractivity contribution in [2.24, 2.45) is 0 Å². The Hall–Kier alpha value is -1.11. The second kappa shape index (κ2) is 7.44. The van der Waals surface area contributed by atoms with Crippen LogP contribution in [0.1, 0.15) is 32.6 Å². The van der Waals surface area contributed by atoms with Crippen LogP contribution >= 0.6 is 11.6 Å². The van der Waals surface area contributed by atoms with Gasteiger partial charge in [0.15, 0.2) is 0 Å². The molecule has 0 saturated carbocycles. The number of nitrogens with zero attached hydrogens (tertiary/aromatic N) is 1. The van der Waals surface area contributed by atoms with Crippen molar-refractivity contribution < 1.29 is 13.2 Å². The van der Waals surface area contributed by atoms with Gasteiger partial charge in [0, 0.05) is 25.6 Å². The third-order valence-corrected chi connectivity index (χ3v) is 5.84. The fourth-order valence-electron chi connectivity index (χ4n) is 2.64. The summed E-state index contributed by atoms with van der Waals surface area (Å²) in [6, 6.07) is 6.49. The van der Waals surface area contributed by atoms with Gasteiger partial charge in [0.2, 0.25) is 15.9 Å². The molecule has 22 heavy (non-hydrogen) atoms. The van der Waals surface area contributed by atoms with E-state index in [9.17, 15) is 13.2 Å². The molecule has 1 N–H and O–H groups in total. The lowest BCUT2D eigenvalue weighted by Crippen LogP contribution is -2.43. The van der Waals surface area contributed by atoms with E-state index in [2.05, 4.69) is 4.72 Å². The number of sulfonamides is 1. The van der Waals surface area contributed by atoms with Crippen LogP contribution in [0, 0.1) is 0 Å². The number of rotatable bonds is 5. The zero-order valence-electron chi connectivity index (χ0n) is 12.6. The number of hydrogen-bond acceptors (Lipinski definition) is 3. The Bertz CT molecular complexity index is 633. The summed E-state index contributed by atoms with van der Waals surface area (Å²) >= 11 is 5.90. The number of carbonyl (C=O) groups excluding carboxylic acids is 1. The number of halogens is 1. The van der Waals surface area contributed by atoms with Gasteiger partial charge in [-0.3, -0.25) is 4.79 Å². The predicted octanol–water partition coefficient (Wildman–Crippen LogP) is 2.41. The van der Waals surface area contributed by atoms with Crippen LogP contribution in [-0.4, -0.2) is 38.4 Å². The zero-order chi connectivity index (χ0) is 16.2. The van der Waals surface area contributed by atoms with E-state index in [4.69, 9.17) is 11.6 Å². The lowest BCUT2D eigenvalue weighted by molar-refractivity contribution is -0.134. The molecule has 7 heteroatoms. The number of hydrogen-bond donors (Lipinski definition) is 1. The molecule has 0 bridgehead atoms. The fourth-order valence-corrected chi connectivity index (χ4v) is 4.19. The largest absolute Gasteiger partial charge is 0.340 e. The zero-order valence-corrected chi connectivity index (χ0v) is 14.2. The van der Waals surface area contributed by atoms with Crippen LogP contribution in [0.2, 0.25) is 5.02 Å². The highest BCUT2D eigenvalue weighted by Crippen LogP contribution is 2.20. The van der Waals surface area contributed by atoms with Crippen LogP contribution < -0.4 is 4.72 Å². The molecule has 2 rings (SSSR count). The van der Waals surface area contributed by atoms with Gasteiger partial charge in [-0.2, -0.15) is 0 Å². The van der Waals surface area contributed by atoms with E-state index >= 15 is 0 Å². The van der Waals surface area contributed by atoms with Gasteiger partial charge in [-0.1, -0.05) is 23.7 Å². The number of carbonyl (C=O) groups is 1. The van der Waals surface area contributed by atoms with E-state index in [0.29, 0.717) is 0 Å². The van der Waals surface area contributed by atoms with E-state index in [0.717, 1.165) is 25.8 Å². The van der Waals surface area contributed by atoms with Gasteiger partial charge in [0.1, 0.15) is 4.90 Å². The molecule has 1 heterocycles. The molecule has 5 nitrogen and oxygen atoms in total. The van der Waals surface area contributed by atoms with Gasteiger partial charge >= 0.3 is 0 Å². The van der Waals surface area contributed by atoms with Crippen molar-refractivity contribution in [1.29, 1.82) is 0 Å². The van der Waals surface area contributed by atoms with Gasteiger partial charge in [-0.15, -0.1) is 0 Å². The minimum Gasteiger partial charge on any atom is -0.340 e. The number of benzene rings is 1. The molecule has 0 spiro atoms. The van der Waals surface area contributed by atoms with Crippen molar-refractivity contribution in [3.63, 3.8) is 0 Å². The molecule has 0 aliphatic carbocycles. The van der Waals surface area contributed by atoms with Crippen molar-refractivity contribution in [3.05, 3.63) is 29.3 Å². The summed E-state index contributed by atoms with van der Waals surface area (Å²) in [5.41, 5.74) is 0. The summed E-state index contributed by atoms with van der Waals surface area (Å²) in [5, 5.41) is 0.172. The third kappa shape index (κ3) is 4.21. The maximum absolute atomic E-state index is 12.2. The molecule has 1 fully saturated rings. The number of nitrogens with one attached hydrogen (secondary N) is 1. The quantitative estimate of drug-likeness (QED) is 0.892. The van der Waals surface area contributed by atoms with E-state index < -0.39 is 10.0 Å². The fraction of sp³-hybridized carbons (Fsp3) is 0.533. The molecule has 122 valence electrons. The van der Waals surface area contributed by atoms with Gasteiger partial charge in [-0.25, -0.2) is 13.1 Å². The molecular formula is C15H21ClN2O3S. The van der Waals surface area contributed by atoms with Crippen molar-refractivity contribution >= 4 is 27.5 Å². The highest BCUT2D eigenvalue weighted by molar-refractivity contribution is 7.89. The number of piperidine rings is 1. The first-order valence-corrected chi connectivity index (χ1v) is 9.31. The molecule has 0 radical (unpaired) electrons. The Kier molecular flexibility index (Phi) is 5.83. The van der Waals surface area contributed by atoms with Crippen molar-refractivity contribution in [2.75, 3.05) is 13.1 Å². The summed E-state index contributed by atoms with van der Waals surface area (Å²) in [6.45, 7) is 2.87. The molecule has 1 aliphatic rings. The third-order valence-electron chi connectivity index (χ3n) is 3.88. The van der Waals surface area contributed by atoms with E-state index in [1.165, 1.54) is 12.1 Å². The maximum atomic E-state index is 12.2. The Morgan fingerprint density at radius 1 is 1.36 bits per heavy atom. The smallest absolute Gasteiger partial charge is 0.242 e. The predicted molar refractivity (Wildman–Crippen MR) is 86.3 cm³/mol. The second-order valence-electron chi connectivity index (χ2n) is 5.51. The molecule has 1 saturated heterocycles. The normalized spacial score (nSPS) is 19.2. The Labute approximate surface area is 136 Å². The van der Waals surface area contributed by atoms with Crippen molar-refractivity contribution in [1.82, 2.24) is 9.62 Å². The highest BCUT2D eigenvalue weighted by atomic mass is 35.5. The lowest BCUT2D eigenvalue weighted by Gasteiger charge is -2.33. The topological polar surface area (TPSA) is 66.5 Å². The molecule has 1 amide bonds. The molecule has 1 aliphatic heterocycles. The summed E-state index contributed by atoms with van der Waals surface area (Å²) in [5.74, 6) is -0.00550. The van der Waals surface area contributed by atoms with Crippen LogP contribution in [0.25, 0.3) is 0 Å². The number of amides is 1. The SMILES string of the molecule is CC1CCCCN1C(=O)CCNS(=O)(=O)c1ccccc1Cl. The van der Waals surface area contributed by atoms with Gasteiger partial charge in [0.25, 0.3) is 0 Å². The van der Waals surface area contributed by atoms with E-state index in [-0.39, 0.29) is 34.8 Å². The average molecular weight is 345 g/mol.